The Hall–Kier alpha value is -2.27. The van der Waals surface area contributed by atoms with E-state index in [1.54, 1.807) is 6.20 Å². The molecule has 4 nitrogen and oxygen atoms in total. The number of nitrogens with zero attached hydrogens (tertiary/aromatic N) is 3. The van der Waals surface area contributed by atoms with Crippen LogP contribution in [0, 0.1) is 5.82 Å². The number of fused-ring (bicyclic) bond motifs is 1. The Morgan fingerprint density at radius 3 is 2.84 bits per heavy atom. The van der Waals surface area contributed by atoms with E-state index in [2.05, 4.69) is 20.3 Å². The predicted molar refractivity (Wildman–Crippen MR) is 72.0 cm³/mol. The van der Waals surface area contributed by atoms with Crippen LogP contribution in [-0.4, -0.2) is 15.0 Å². The highest BCUT2D eigenvalue weighted by atomic mass is 35.5. The fourth-order valence-electron chi connectivity index (χ4n) is 1.71. The highest BCUT2D eigenvalue weighted by Crippen LogP contribution is 2.21. The molecule has 2 aromatic heterocycles. The largest absolute Gasteiger partial charge is 0.336 e. The van der Waals surface area contributed by atoms with Gasteiger partial charge in [-0.15, -0.1) is 0 Å². The van der Waals surface area contributed by atoms with Crippen LogP contribution < -0.4 is 5.32 Å². The summed E-state index contributed by atoms with van der Waals surface area (Å²) in [5, 5.41) is 3.77. The third kappa shape index (κ3) is 2.46. The number of hydrogen-bond acceptors (Lipinski definition) is 4. The van der Waals surface area contributed by atoms with E-state index in [1.165, 1.54) is 0 Å². The van der Waals surface area contributed by atoms with Gasteiger partial charge < -0.3 is 5.32 Å². The molecule has 0 saturated heterocycles. The van der Waals surface area contributed by atoms with Gasteiger partial charge in [-0.2, -0.15) is 4.98 Å². The molecule has 3 aromatic rings. The lowest BCUT2D eigenvalue weighted by molar-refractivity contribution is 0.619. The van der Waals surface area contributed by atoms with Crippen LogP contribution in [0.3, 0.4) is 0 Å². The highest BCUT2D eigenvalue weighted by molar-refractivity contribution is 6.28. The zero-order valence-corrected chi connectivity index (χ0v) is 10.4. The first-order chi connectivity index (χ1) is 9.22. The summed E-state index contributed by atoms with van der Waals surface area (Å²) in [6.07, 6.45) is 2.63. The van der Waals surface area contributed by atoms with Crippen LogP contribution in [0.2, 0.25) is 5.28 Å². The molecule has 94 valence electrons. The maximum atomic E-state index is 13.5. The summed E-state index contributed by atoms with van der Waals surface area (Å²) in [4.78, 5) is 11.6. The molecule has 1 aromatic carbocycles. The minimum Gasteiger partial charge on any atom is -0.336 e. The smallest absolute Gasteiger partial charge is 0.224 e. The Morgan fingerprint density at radius 2 is 1.95 bits per heavy atom. The van der Waals surface area contributed by atoms with Gasteiger partial charge >= 0.3 is 0 Å². The van der Waals surface area contributed by atoms with Gasteiger partial charge in [-0.3, -0.25) is 4.98 Å². The summed E-state index contributed by atoms with van der Waals surface area (Å²) in [7, 11) is 0. The number of pyridine rings is 1. The number of aromatic nitrogens is 3. The molecule has 0 spiro atoms. The molecule has 0 aliphatic carbocycles. The fraction of sp³-hybridized carbons (Fsp3) is 0. The zero-order valence-electron chi connectivity index (χ0n) is 9.64. The maximum Gasteiger partial charge on any atom is 0.224 e. The highest BCUT2D eigenvalue weighted by Gasteiger charge is 2.06. The molecule has 0 atom stereocenters. The second kappa shape index (κ2) is 4.78. The van der Waals surface area contributed by atoms with Gasteiger partial charge in [0.1, 0.15) is 0 Å². The first-order valence-corrected chi connectivity index (χ1v) is 5.90. The molecule has 0 amide bonds. The van der Waals surface area contributed by atoms with Crippen LogP contribution in [0.4, 0.5) is 15.9 Å². The van der Waals surface area contributed by atoms with Crippen molar-refractivity contribution in [2.75, 3.05) is 5.32 Å². The van der Waals surface area contributed by atoms with Crippen molar-refractivity contribution in [3.63, 3.8) is 0 Å². The van der Waals surface area contributed by atoms with Crippen molar-refractivity contribution >= 4 is 34.0 Å². The molecule has 19 heavy (non-hydrogen) atoms. The molecular weight excluding hydrogens is 267 g/mol. The van der Waals surface area contributed by atoms with Crippen molar-refractivity contribution in [3.8, 4) is 0 Å². The first-order valence-electron chi connectivity index (χ1n) is 5.52. The van der Waals surface area contributed by atoms with E-state index in [-0.39, 0.29) is 11.1 Å². The van der Waals surface area contributed by atoms with Gasteiger partial charge in [-0.05, 0) is 23.7 Å². The van der Waals surface area contributed by atoms with Gasteiger partial charge in [0.2, 0.25) is 5.28 Å². The van der Waals surface area contributed by atoms with E-state index in [0.717, 1.165) is 17.1 Å². The van der Waals surface area contributed by atoms with E-state index < -0.39 is 5.82 Å². The lowest BCUT2D eigenvalue weighted by atomic mass is 10.2. The number of nitrogens with one attached hydrogen (secondary N) is 1. The van der Waals surface area contributed by atoms with E-state index in [1.807, 2.05) is 30.3 Å². The number of benzene rings is 1. The molecule has 0 radical (unpaired) electrons. The Kier molecular flexibility index (Phi) is 2.97. The van der Waals surface area contributed by atoms with Gasteiger partial charge in [0.05, 0.1) is 23.6 Å². The minimum atomic E-state index is -0.572. The van der Waals surface area contributed by atoms with Gasteiger partial charge in [0, 0.05) is 5.39 Å². The minimum absolute atomic E-state index is 0.0161. The van der Waals surface area contributed by atoms with Crippen LogP contribution in [0.1, 0.15) is 0 Å². The quantitative estimate of drug-likeness (QED) is 0.726. The summed E-state index contributed by atoms with van der Waals surface area (Å²) in [5.74, 6) is -0.547. The average Bonchev–Trinajstić information content (AvgIpc) is 2.43. The fourth-order valence-corrected chi connectivity index (χ4v) is 1.84. The van der Waals surface area contributed by atoms with Crippen LogP contribution in [0.15, 0.2) is 42.7 Å². The summed E-state index contributed by atoms with van der Waals surface area (Å²) in [6.45, 7) is 0. The average molecular weight is 275 g/mol. The van der Waals surface area contributed by atoms with E-state index in [9.17, 15) is 4.39 Å². The molecule has 0 fully saturated rings. The standard InChI is InChI=1S/C13H8ClFN4/c14-13-17-7-10(15)12(19-13)18-9-5-8-3-1-2-4-11(8)16-6-9/h1-7H,(H,17,18,19). The molecule has 2 heterocycles. The summed E-state index contributed by atoms with van der Waals surface area (Å²) in [6, 6.07) is 9.51. The van der Waals surface area contributed by atoms with Crippen LogP contribution in [0.5, 0.6) is 0 Å². The maximum absolute atomic E-state index is 13.5. The Balaban J connectivity index is 1.98. The molecule has 6 heteroatoms. The summed E-state index contributed by atoms with van der Waals surface area (Å²) >= 11 is 5.63. The molecule has 0 bridgehead atoms. The lowest BCUT2D eigenvalue weighted by Gasteiger charge is -2.07. The van der Waals surface area contributed by atoms with Crippen LogP contribution >= 0.6 is 11.6 Å². The van der Waals surface area contributed by atoms with Crippen molar-refractivity contribution in [3.05, 3.63) is 53.8 Å². The number of rotatable bonds is 2. The number of anilines is 2. The van der Waals surface area contributed by atoms with Crippen molar-refractivity contribution in [2.24, 2.45) is 0 Å². The van der Waals surface area contributed by atoms with Crippen molar-refractivity contribution in [2.45, 2.75) is 0 Å². The molecule has 0 saturated carbocycles. The molecule has 3 rings (SSSR count). The van der Waals surface area contributed by atoms with Crippen LogP contribution in [-0.2, 0) is 0 Å². The zero-order chi connectivity index (χ0) is 13.2. The normalized spacial score (nSPS) is 10.6. The van der Waals surface area contributed by atoms with Gasteiger partial charge in [-0.25, -0.2) is 9.37 Å². The Bertz CT molecular complexity index is 748. The first kappa shape index (κ1) is 11.8. The summed E-state index contributed by atoms with van der Waals surface area (Å²) < 4.78 is 13.5. The Morgan fingerprint density at radius 1 is 1.11 bits per heavy atom. The Labute approximate surface area is 113 Å². The molecule has 0 aliphatic rings. The number of halogens is 2. The number of para-hydroxylation sites is 1. The predicted octanol–water partition coefficient (Wildman–Crippen LogP) is 3.56. The second-order valence-corrected chi connectivity index (χ2v) is 4.22. The molecule has 0 unspecified atom stereocenters. The topological polar surface area (TPSA) is 50.7 Å². The molecule has 0 aliphatic heterocycles. The molecular formula is C13H8ClFN4. The van der Waals surface area contributed by atoms with Crippen molar-refractivity contribution < 1.29 is 4.39 Å². The third-order valence-corrected chi connectivity index (χ3v) is 2.75. The molecule has 1 N–H and O–H groups in total. The van der Waals surface area contributed by atoms with Gasteiger partial charge in [-0.1, -0.05) is 18.2 Å². The summed E-state index contributed by atoms with van der Waals surface area (Å²) in [5.41, 5.74) is 1.50. The van der Waals surface area contributed by atoms with Crippen molar-refractivity contribution in [1.29, 1.82) is 0 Å². The lowest BCUT2D eigenvalue weighted by Crippen LogP contribution is -1.99. The second-order valence-electron chi connectivity index (χ2n) is 3.88. The van der Waals surface area contributed by atoms with E-state index in [0.29, 0.717) is 5.69 Å². The monoisotopic (exact) mass is 274 g/mol. The van der Waals surface area contributed by atoms with Crippen molar-refractivity contribution in [1.82, 2.24) is 15.0 Å². The third-order valence-electron chi connectivity index (χ3n) is 2.57. The van der Waals surface area contributed by atoms with Gasteiger partial charge in [0.25, 0.3) is 0 Å². The van der Waals surface area contributed by atoms with E-state index in [4.69, 9.17) is 11.6 Å². The van der Waals surface area contributed by atoms with Gasteiger partial charge in [0.15, 0.2) is 11.6 Å². The number of hydrogen-bond donors (Lipinski definition) is 1. The van der Waals surface area contributed by atoms with E-state index >= 15 is 0 Å². The van der Waals surface area contributed by atoms with Crippen LogP contribution in [0.25, 0.3) is 10.9 Å². The SMILES string of the molecule is Fc1cnc(Cl)nc1Nc1cnc2ccccc2c1.